The molecule has 3 rings (SSSR count). The lowest BCUT2D eigenvalue weighted by Gasteiger charge is -2.15. The number of carboxylic acid groups (broad SMARTS) is 1. The molecule has 0 bridgehead atoms. The van der Waals surface area contributed by atoms with Gasteiger partial charge in [0, 0.05) is 6.08 Å². The number of hydrogen-bond acceptors (Lipinski definition) is 6. The Balaban J connectivity index is 1.71. The summed E-state index contributed by atoms with van der Waals surface area (Å²) < 4.78 is 5.42. The third-order valence-corrected chi connectivity index (χ3v) is 4.80. The quantitative estimate of drug-likeness (QED) is 0.600. The van der Waals surface area contributed by atoms with Crippen molar-refractivity contribution in [2.24, 2.45) is 0 Å². The third kappa shape index (κ3) is 3.84. The third-order valence-electron chi connectivity index (χ3n) is 3.42. The van der Waals surface area contributed by atoms with Crippen LogP contribution in [0.4, 0.5) is 5.69 Å². The number of carbonyl (C=O) groups is 3. The number of carboxylic acids is 1. The fraction of sp³-hybridized carbons (Fsp3) is 0.0588. The lowest BCUT2D eigenvalue weighted by Crippen LogP contribution is -2.36. The van der Waals surface area contributed by atoms with E-state index in [9.17, 15) is 14.4 Å². The van der Waals surface area contributed by atoms with Gasteiger partial charge in [0.2, 0.25) is 5.91 Å². The first-order chi connectivity index (χ1) is 12.5. The summed E-state index contributed by atoms with van der Waals surface area (Å²) in [5.74, 6) is -1.61. The van der Waals surface area contributed by atoms with Crippen molar-refractivity contribution < 1.29 is 23.9 Å². The highest BCUT2D eigenvalue weighted by Gasteiger charge is 2.33. The number of hydrogen-bond donors (Lipinski definition) is 2. The number of para-hydroxylation sites is 1. The van der Waals surface area contributed by atoms with E-state index in [0.717, 1.165) is 16.7 Å². The summed E-state index contributed by atoms with van der Waals surface area (Å²) in [6.07, 6.45) is 3.04. The average Bonchev–Trinajstić information content (AvgIpc) is 3.19. The van der Waals surface area contributed by atoms with Gasteiger partial charge in [0.15, 0.2) is 0 Å². The van der Waals surface area contributed by atoms with Crippen molar-refractivity contribution >= 4 is 57.8 Å². The van der Waals surface area contributed by atoms with Crippen LogP contribution in [0.15, 0.2) is 52.0 Å². The molecule has 2 N–H and O–H groups in total. The van der Waals surface area contributed by atoms with Gasteiger partial charge in [-0.1, -0.05) is 36.1 Å². The molecule has 1 saturated heterocycles. The van der Waals surface area contributed by atoms with Crippen molar-refractivity contribution in [3.8, 4) is 0 Å². The van der Waals surface area contributed by atoms with E-state index in [2.05, 4.69) is 5.32 Å². The second-order valence-electron chi connectivity index (χ2n) is 5.18. The largest absolute Gasteiger partial charge is 0.478 e. The van der Waals surface area contributed by atoms with Gasteiger partial charge in [-0.15, -0.1) is 0 Å². The number of thiocarbonyl (C=S) groups is 1. The molecule has 0 spiro atoms. The monoisotopic (exact) mass is 388 g/mol. The maximum Gasteiger partial charge on any atom is 0.337 e. The first-order valence-corrected chi connectivity index (χ1v) is 8.59. The van der Waals surface area contributed by atoms with Gasteiger partial charge in [-0.3, -0.25) is 14.5 Å². The highest BCUT2D eigenvalue weighted by Crippen LogP contribution is 2.32. The number of aromatic carboxylic acids is 1. The molecule has 2 heterocycles. The highest BCUT2D eigenvalue weighted by atomic mass is 32.2. The normalized spacial score (nSPS) is 15.5. The van der Waals surface area contributed by atoms with Crippen LogP contribution in [0.5, 0.6) is 0 Å². The topological polar surface area (TPSA) is 99.9 Å². The van der Waals surface area contributed by atoms with Gasteiger partial charge in [-0.25, -0.2) is 4.79 Å². The number of rotatable bonds is 5. The van der Waals surface area contributed by atoms with E-state index in [0.29, 0.717) is 10.7 Å². The molecule has 0 unspecified atom stereocenters. The summed E-state index contributed by atoms with van der Waals surface area (Å²) in [7, 11) is 0. The Morgan fingerprint density at radius 2 is 2.04 bits per heavy atom. The summed E-state index contributed by atoms with van der Waals surface area (Å²) in [6, 6.07) is 9.41. The van der Waals surface area contributed by atoms with Crippen molar-refractivity contribution in [2.75, 3.05) is 11.9 Å². The van der Waals surface area contributed by atoms with Crippen LogP contribution in [-0.2, 0) is 9.59 Å². The molecule has 1 aliphatic rings. The van der Waals surface area contributed by atoms with E-state index in [1.54, 1.807) is 30.3 Å². The lowest BCUT2D eigenvalue weighted by atomic mass is 10.2. The molecule has 1 aromatic carbocycles. The Morgan fingerprint density at radius 3 is 2.73 bits per heavy atom. The van der Waals surface area contributed by atoms with Crippen LogP contribution in [0, 0.1) is 0 Å². The number of furan rings is 1. The SMILES string of the molecule is O=C(CN1C(=O)C(=Cc2ccco2)SC1=S)Nc1ccccc1C(=O)O. The maximum absolute atomic E-state index is 12.4. The zero-order chi connectivity index (χ0) is 18.7. The molecule has 7 nitrogen and oxygen atoms in total. The predicted molar refractivity (Wildman–Crippen MR) is 101 cm³/mol. The molecule has 0 aliphatic carbocycles. The first kappa shape index (κ1) is 17.9. The summed E-state index contributed by atoms with van der Waals surface area (Å²) in [6.45, 7) is -0.311. The van der Waals surface area contributed by atoms with Crippen molar-refractivity contribution in [3.05, 3.63) is 58.9 Å². The Morgan fingerprint density at radius 1 is 1.27 bits per heavy atom. The van der Waals surface area contributed by atoms with Crippen molar-refractivity contribution in [1.29, 1.82) is 0 Å². The number of benzene rings is 1. The molecule has 132 valence electrons. The molecule has 0 atom stereocenters. The standard InChI is InChI=1S/C17H12N2O5S2/c20-14(18-12-6-2-1-5-11(12)16(22)23)9-19-15(21)13(26-17(19)25)8-10-4-3-7-24-10/h1-8H,9H2,(H,18,20)(H,22,23). The van der Waals surface area contributed by atoms with Crippen LogP contribution in [0.3, 0.4) is 0 Å². The number of nitrogens with zero attached hydrogens (tertiary/aromatic N) is 1. The van der Waals surface area contributed by atoms with Crippen molar-refractivity contribution in [1.82, 2.24) is 4.90 Å². The minimum absolute atomic E-state index is 0.0380. The zero-order valence-electron chi connectivity index (χ0n) is 13.2. The van der Waals surface area contributed by atoms with Crippen molar-refractivity contribution in [3.63, 3.8) is 0 Å². The van der Waals surface area contributed by atoms with Crippen LogP contribution in [0.1, 0.15) is 16.1 Å². The summed E-state index contributed by atoms with van der Waals surface area (Å²) in [5, 5.41) is 11.6. The molecule has 2 aromatic rings. The zero-order valence-corrected chi connectivity index (χ0v) is 14.8. The van der Waals surface area contributed by atoms with E-state index in [4.69, 9.17) is 21.7 Å². The number of nitrogens with one attached hydrogen (secondary N) is 1. The van der Waals surface area contributed by atoms with Gasteiger partial charge < -0.3 is 14.8 Å². The molecular formula is C17H12N2O5S2. The molecule has 9 heteroatoms. The molecule has 0 radical (unpaired) electrons. The number of carbonyl (C=O) groups excluding carboxylic acids is 2. The van der Waals surface area contributed by atoms with E-state index in [-0.39, 0.29) is 22.1 Å². The maximum atomic E-state index is 12.4. The molecule has 1 fully saturated rings. The Bertz CT molecular complexity index is 921. The van der Waals surface area contributed by atoms with Crippen LogP contribution in [-0.4, -0.2) is 38.7 Å². The Kier molecular flexibility index (Phi) is 5.19. The summed E-state index contributed by atoms with van der Waals surface area (Å²) in [5.41, 5.74) is 0.116. The smallest absolute Gasteiger partial charge is 0.337 e. The molecule has 2 amide bonds. The fourth-order valence-electron chi connectivity index (χ4n) is 2.25. The second-order valence-corrected chi connectivity index (χ2v) is 6.86. The minimum Gasteiger partial charge on any atom is -0.478 e. The van der Waals surface area contributed by atoms with Crippen LogP contribution < -0.4 is 5.32 Å². The molecule has 1 aromatic heterocycles. The minimum atomic E-state index is -1.16. The number of thioether (sulfide) groups is 1. The number of anilines is 1. The predicted octanol–water partition coefficient (Wildman–Crippen LogP) is 2.82. The van der Waals surface area contributed by atoms with Gasteiger partial charge in [0.1, 0.15) is 16.6 Å². The summed E-state index contributed by atoms with van der Waals surface area (Å²) in [4.78, 5) is 37.4. The second kappa shape index (κ2) is 7.54. The molecule has 26 heavy (non-hydrogen) atoms. The summed E-state index contributed by atoms with van der Waals surface area (Å²) >= 11 is 6.23. The van der Waals surface area contributed by atoms with E-state index in [1.165, 1.54) is 18.4 Å². The molecule has 1 aliphatic heterocycles. The molecular weight excluding hydrogens is 376 g/mol. The fourth-order valence-corrected chi connectivity index (χ4v) is 3.49. The van der Waals surface area contributed by atoms with E-state index >= 15 is 0 Å². The molecule has 0 saturated carbocycles. The van der Waals surface area contributed by atoms with Gasteiger partial charge >= 0.3 is 5.97 Å². The van der Waals surface area contributed by atoms with Crippen molar-refractivity contribution in [2.45, 2.75) is 0 Å². The van der Waals surface area contributed by atoms with Gasteiger partial charge in [-0.05, 0) is 24.3 Å². The van der Waals surface area contributed by atoms with Crippen LogP contribution >= 0.6 is 24.0 Å². The van der Waals surface area contributed by atoms with Gasteiger partial charge in [0.25, 0.3) is 5.91 Å². The van der Waals surface area contributed by atoms with E-state index < -0.39 is 17.8 Å². The van der Waals surface area contributed by atoms with Gasteiger partial charge in [-0.2, -0.15) is 0 Å². The highest BCUT2D eigenvalue weighted by molar-refractivity contribution is 8.26. The lowest BCUT2D eigenvalue weighted by molar-refractivity contribution is -0.126. The van der Waals surface area contributed by atoms with Crippen LogP contribution in [0.2, 0.25) is 0 Å². The van der Waals surface area contributed by atoms with Crippen LogP contribution in [0.25, 0.3) is 6.08 Å². The Hall–Kier alpha value is -2.91. The average molecular weight is 388 g/mol. The van der Waals surface area contributed by atoms with E-state index in [1.807, 2.05) is 0 Å². The Labute approximate surface area is 157 Å². The first-order valence-electron chi connectivity index (χ1n) is 7.37. The van der Waals surface area contributed by atoms with Gasteiger partial charge in [0.05, 0.1) is 22.4 Å². The number of amides is 2.